The molecule has 0 spiro atoms. The van der Waals surface area contributed by atoms with E-state index in [1.807, 2.05) is 22.2 Å². The Labute approximate surface area is 128 Å². The van der Waals surface area contributed by atoms with Gasteiger partial charge in [0.2, 0.25) is 0 Å². The highest BCUT2D eigenvalue weighted by molar-refractivity contribution is 9.10. The zero-order valence-corrected chi connectivity index (χ0v) is 13.1. The standard InChI is InChI=1S/C12H12BrClN6/c1-19-7-16-18-10(19)2-3-20-11(5-14)17-9-4-8(13)6-15-12(9)20/h4,6-7H,2-3,5H2,1H3. The highest BCUT2D eigenvalue weighted by Gasteiger charge is 2.12. The van der Waals surface area contributed by atoms with Crippen molar-refractivity contribution in [2.45, 2.75) is 18.8 Å². The minimum Gasteiger partial charge on any atom is -0.321 e. The van der Waals surface area contributed by atoms with Gasteiger partial charge in [0.05, 0.1) is 5.88 Å². The van der Waals surface area contributed by atoms with Crippen LogP contribution in [-0.2, 0) is 25.9 Å². The van der Waals surface area contributed by atoms with E-state index >= 15 is 0 Å². The predicted octanol–water partition coefficient (Wildman–Crippen LogP) is 2.30. The number of nitrogens with zero attached hydrogens (tertiary/aromatic N) is 6. The highest BCUT2D eigenvalue weighted by atomic mass is 79.9. The Kier molecular flexibility index (Phi) is 3.71. The molecule has 104 valence electrons. The predicted molar refractivity (Wildman–Crippen MR) is 79.5 cm³/mol. The molecule has 8 heteroatoms. The zero-order chi connectivity index (χ0) is 14.1. The van der Waals surface area contributed by atoms with Gasteiger partial charge < -0.3 is 9.13 Å². The van der Waals surface area contributed by atoms with Crippen molar-refractivity contribution < 1.29 is 0 Å². The number of hydrogen-bond acceptors (Lipinski definition) is 4. The molecule has 3 rings (SSSR count). The summed E-state index contributed by atoms with van der Waals surface area (Å²) in [6, 6.07) is 1.94. The molecule has 0 radical (unpaired) electrons. The molecule has 0 unspecified atom stereocenters. The van der Waals surface area contributed by atoms with E-state index in [9.17, 15) is 0 Å². The number of imidazole rings is 1. The van der Waals surface area contributed by atoms with Crippen molar-refractivity contribution in [2.75, 3.05) is 0 Å². The molecular weight excluding hydrogens is 344 g/mol. The van der Waals surface area contributed by atoms with E-state index in [2.05, 4.69) is 36.1 Å². The molecule has 6 nitrogen and oxygen atoms in total. The lowest BCUT2D eigenvalue weighted by molar-refractivity contribution is 0.641. The monoisotopic (exact) mass is 354 g/mol. The van der Waals surface area contributed by atoms with E-state index < -0.39 is 0 Å². The van der Waals surface area contributed by atoms with Crippen molar-refractivity contribution in [1.82, 2.24) is 29.3 Å². The largest absolute Gasteiger partial charge is 0.321 e. The fraction of sp³-hybridized carbons (Fsp3) is 0.333. The minimum atomic E-state index is 0.354. The number of hydrogen-bond donors (Lipinski definition) is 0. The molecular formula is C12H12BrClN6. The molecule has 0 saturated heterocycles. The maximum Gasteiger partial charge on any atom is 0.160 e. The van der Waals surface area contributed by atoms with Crippen molar-refractivity contribution in [3.8, 4) is 0 Å². The summed E-state index contributed by atoms with van der Waals surface area (Å²) in [5, 5.41) is 7.96. The second-order valence-corrected chi connectivity index (χ2v) is 5.60. The summed E-state index contributed by atoms with van der Waals surface area (Å²) in [5.74, 6) is 2.09. The molecule has 0 fully saturated rings. The summed E-state index contributed by atoms with van der Waals surface area (Å²) in [6.45, 7) is 0.722. The second kappa shape index (κ2) is 5.49. The van der Waals surface area contributed by atoms with Crippen LogP contribution < -0.4 is 0 Å². The molecule has 20 heavy (non-hydrogen) atoms. The maximum absolute atomic E-state index is 5.98. The van der Waals surface area contributed by atoms with Crippen LogP contribution in [0.1, 0.15) is 11.6 Å². The van der Waals surface area contributed by atoms with E-state index in [0.717, 1.165) is 40.3 Å². The van der Waals surface area contributed by atoms with E-state index in [1.165, 1.54) is 0 Å². The Morgan fingerprint density at radius 2 is 2.20 bits per heavy atom. The third-order valence-corrected chi connectivity index (χ3v) is 3.79. The smallest absolute Gasteiger partial charge is 0.160 e. The third-order valence-electron chi connectivity index (χ3n) is 3.11. The van der Waals surface area contributed by atoms with Crippen LogP contribution in [0.15, 0.2) is 23.1 Å². The molecule has 0 bridgehead atoms. The number of alkyl halides is 1. The Balaban J connectivity index is 1.95. The lowest BCUT2D eigenvalue weighted by Crippen LogP contribution is -2.08. The first-order valence-corrected chi connectivity index (χ1v) is 7.41. The lowest BCUT2D eigenvalue weighted by Gasteiger charge is -2.06. The van der Waals surface area contributed by atoms with Gasteiger partial charge in [-0.2, -0.15) is 0 Å². The molecule has 0 amide bonds. The average Bonchev–Trinajstić information content (AvgIpc) is 2.99. The maximum atomic E-state index is 5.98. The Morgan fingerprint density at radius 1 is 1.35 bits per heavy atom. The molecule has 0 N–H and O–H groups in total. The second-order valence-electron chi connectivity index (χ2n) is 4.42. The normalized spacial score (nSPS) is 11.3. The van der Waals surface area contributed by atoms with E-state index in [1.54, 1.807) is 12.5 Å². The zero-order valence-electron chi connectivity index (χ0n) is 10.8. The van der Waals surface area contributed by atoms with E-state index in [4.69, 9.17) is 11.6 Å². The Hall–Kier alpha value is -1.47. The summed E-state index contributed by atoms with van der Waals surface area (Å²) in [5.41, 5.74) is 1.68. The van der Waals surface area contributed by atoms with Crippen LogP contribution in [0.2, 0.25) is 0 Å². The van der Waals surface area contributed by atoms with Crippen molar-refractivity contribution in [3.05, 3.63) is 34.7 Å². The van der Waals surface area contributed by atoms with Crippen LogP contribution in [0.3, 0.4) is 0 Å². The quantitative estimate of drug-likeness (QED) is 0.674. The molecule has 3 aromatic rings. The van der Waals surface area contributed by atoms with E-state index in [0.29, 0.717) is 5.88 Å². The summed E-state index contributed by atoms with van der Waals surface area (Å²) >= 11 is 9.38. The van der Waals surface area contributed by atoms with Gasteiger partial charge in [-0.15, -0.1) is 21.8 Å². The number of aromatic nitrogens is 6. The van der Waals surface area contributed by atoms with Gasteiger partial charge in [0, 0.05) is 30.7 Å². The third kappa shape index (κ3) is 2.43. The first-order chi connectivity index (χ1) is 9.69. The van der Waals surface area contributed by atoms with Crippen LogP contribution in [0, 0.1) is 0 Å². The SMILES string of the molecule is Cn1cnnc1CCn1c(CCl)nc2cc(Br)cnc21. The van der Waals surface area contributed by atoms with Gasteiger partial charge in [-0.25, -0.2) is 9.97 Å². The summed E-state index contributed by atoms with van der Waals surface area (Å²) in [7, 11) is 1.93. The number of halogens is 2. The van der Waals surface area contributed by atoms with Crippen molar-refractivity contribution in [1.29, 1.82) is 0 Å². The van der Waals surface area contributed by atoms with E-state index in [-0.39, 0.29) is 0 Å². The molecule has 0 saturated carbocycles. The Morgan fingerprint density at radius 3 is 2.90 bits per heavy atom. The molecule has 0 aliphatic rings. The summed E-state index contributed by atoms with van der Waals surface area (Å²) in [6.07, 6.45) is 4.21. The van der Waals surface area contributed by atoms with Gasteiger partial charge in [0.1, 0.15) is 23.5 Å². The number of fused-ring (bicyclic) bond motifs is 1. The summed E-state index contributed by atoms with van der Waals surface area (Å²) < 4.78 is 4.84. The first-order valence-electron chi connectivity index (χ1n) is 6.08. The minimum absolute atomic E-state index is 0.354. The van der Waals surface area contributed by atoms with Gasteiger partial charge in [-0.3, -0.25) is 0 Å². The molecule has 0 aliphatic carbocycles. The van der Waals surface area contributed by atoms with Crippen LogP contribution in [0.25, 0.3) is 11.2 Å². The number of rotatable bonds is 4. The first kappa shape index (κ1) is 13.5. The van der Waals surface area contributed by atoms with Crippen molar-refractivity contribution >= 4 is 38.7 Å². The topological polar surface area (TPSA) is 61.4 Å². The number of pyridine rings is 1. The van der Waals surface area contributed by atoms with Crippen molar-refractivity contribution in [3.63, 3.8) is 0 Å². The van der Waals surface area contributed by atoms with Gasteiger partial charge in [-0.1, -0.05) is 0 Å². The lowest BCUT2D eigenvalue weighted by atomic mass is 10.4. The fourth-order valence-corrected chi connectivity index (χ4v) is 2.64. The van der Waals surface area contributed by atoms with Crippen molar-refractivity contribution in [2.24, 2.45) is 7.05 Å². The van der Waals surface area contributed by atoms with Gasteiger partial charge in [0.25, 0.3) is 0 Å². The van der Waals surface area contributed by atoms with Gasteiger partial charge in [-0.05, 0) is 22.0 Å². The molecule has 0 aromatic carbocycles. The van der Waals surface area contributed by atoms with Gasteiger partial charge >= 0.3 is 0 Å². The van der Waals surface area contributed by atoms with Crippen LogP contribution in [0.4, 0.5) is 0 Å². The van der Waals surface area contributed by atoms with Gasteiger partial charge in [0.15, 0.2) is 5.65 Å². The molecule has 3 aromatic heterocycles. The van der Waals surface area contributed by atoms with Crippen LogP contribution >= 0.6 is 27.5 Å². The molecule has 3 heterocycles. The fourth-order valence-electron chi connectivity index (χ4n) is 2.12. The summed E-state index contributed by atoms with van der Waals surface area (Å²) in [4.78, 5) is 8.93. The Bertz CT molecular complexity index is 750. The molecule has 0 atom stereocenters. The van der Waals surface area contributed by atoms with Crippen LogP contribution in [0.5, 0.6) is 0 Å². The number of aryl methyl sites for hydroxylation is 3. The average molecular weight is 356 g/mol. The molecule has 0 aliphatic heterocycles. The highest BCUT2D eigenvalue weighted by Crippen LogP contribution is 2.19. The van der Waals surface area contributed by atoms with Crippen LogP contribution in [-0.4, -0.2) is 29.3 Å².